The van der Waals surface area contributed by atoms with Crippen molar-refractivity contribution in [2.75, 3.05) is 45.8 Å². The zero-order chi connectivity index (χ0) is 18.7. The third-order valence-electron chi connectivity index (χ3n) is 4.84. The molecule has 0 bridgehead atoms. The maximum Gasteiger partial charge on any atom is 0.243 e. The smallest absolute Gasteiger partial charge is 0.243 e. The molecule has 0 N–H and O–H groups in total. The lowest BCUT2D eigenvalue weighted by molar-refractivity contribution is -0.144. The number of hydrogen-bond acceptors (Lipinski definition) is 5. The Labute approximate surface area is 155 Å². The van der Waals surface area contributed by atoms with Crippen LogP contribution in [0.25, 0.3) is 0 Å². The number of sulfonamides is 1. The van der Waals surface area contributed by atoms with E-state index in [0.717, 1.165) is 0 Å². The van der Waals surface area contributed by atoms with Crippen LogP contribution >= 0.6 is 0 Å². The fraction of sp³-hybridized carbons (Fsp3) is 0.611. The summed E-state index contributed by atoms with van der Waals surface area (Å²) in [6.07, 6.45) is 0.103. The van der Waals surface area contributed by atoms with Gasteiger partial charge in [-0.1, -0.05) is 18.2 Å². The zero-order valence-corrected chi connectivity index (χ0v) is 16.2. The molecule has 144 valence electrons. The fourth-order valence-electron chi connectivity index (χ4n) is 3.54. The van der Waals surface area contributed by atoms with Gasteiger partial charge < -0.3 is 9.64 Å². The summed E-state index contributed by atoms with van der Waals surface area (Å²) < 4.78 is 32.5. The van der Waals surface area contributed by atoms with Crippen molar-refractivity contribution in [2.24, 2.45) is 0 Å². The predicted molar refractivity (Wildman–Crippen MR) is 98.2 cm³/mol. The highest BCUT2D eigenvalue weighted by Gasteiger charge is 2.31. The summed E-state index contributed by atoms with van der Waals surface area (Å²) in [6.45, 7) is 7.45. The summed E-state index contributed by atoms with van der Waals surface area (Å²) in [6, 6.07) is 8.49. The largest absolute Gasteiger partial charge is 0.372 e. The topological polar surface area (TPSA) is 70.2 Å². The van der Waals surface area contributed by atoms with Crippen molar-refractivity contribution in [1.82, 2.24) is 14.1 Å². The van der Waals surface area contributed by atoms with Crippen LogP contribution in [0.2, 0.25) is 0 Å². The summed E-state index contributed by atoms with van der Waals surface area (Å²) in [5.74, 6) is 0.0892. The molecule has 3 rings (SSSR count). The predicted octanol–water partition coefficient (Wildman–Crippen LogP) is 0.629. The number of amides is 1. The van der Waals surface area contributed by atoms with Crippen LogP contribution in [0.3, 0.4) is 0 Å². The molecule has 0 radical (unpaired) electrons. The van der Waals surface area contributed by atoms with E-state index in [1.807, 2.05) is 23.6 Å². The molecule has 26 heavy (non-hydrogen) atoms. The molecule has 1 aromatic rings. The van der Waals surface area contributed by atoms with Gasteiger partial charge in [0, 0.05) is 39.3 Å². The van der Waals surface area contributed by atoms with Gasteiger partial charge in [-0.05, 0) is 26.0 Å². The van der Waals surface area contributed by atoms with Gasteiger partial charge in [-0.25, -0.2) is 8.42 Å². The van der Waals surface area contributed by atoms with Crippen molar-refractivity contribution in [2.45, 2.75) is 31.0 Å². The highest BCUT2D eigenvalue weighted by molar-refractivity contribution is 7.89. The molecule has 1 amide bonds. The van der Waals surface area contributed by atoms with Gasteiger partial charge in [0.1, 0.15) is 0 Å². The molecule has 1 aromatic carbocycles. The van der Waals surface area contributed by atoms with E-state index in [2.05, 4.69) is 0 Å². The minimum absolute atomic E-state index is 0.0514. The van der Waals surface area contributed by atoms with Crippen LogP contribution < -0.4 is 0 Å². The monoisotopic (exact) mass is 381 g/mol. The Hall–Kier alpha value is -1.48. The van der Waals surface area contributed by atoms with Gasteiger partial charge >= 0.3 is 0 Å². The van der Waals surface area contributed by atoms with E-state index in [4.69, 9.17) is 4.74 Å². The van der Waals surface area contributed by atoms with Gasteiger partial charge in [0.2, 0.25) is 15.9 Å². The van der Waals surface area contributed by atoms with E-state index in [1.54, 1.807) is 30.3 Å². The Morgan fingerprint density at radius 2 is 1.62 bits per heavy atom. The van der Waals surface area contributed by atoms with Crippen molar-refractivity contribution in [3.05, 3.63) is 30.3 Å². The van der Waals surface area contributed by atoms with Crippen LogP contribution in [0, 0.1) is 0 Å². The Balaban J connectivity index is 1.53. The number of piperazine rings is 1. The van der Waals surface area contributed by atoms with Crippen LogP contribution in [-0.2, 0) is 19.6 Å². The van der Waals surface area contributed by atoms with Crippen LogP contribution in [0.15, 0.2) is 35.2 Å². The van der Waals surface area contributed by atoms with Gasteiger partial charge in [0.25, 0.3) is 0 Å². The summed E-state index contributed by atoms with van der Waals surface area (Å²) in [4.78, 5) is 16.8. The van der Waals surface area contributed by atoms with E-state index in [-0.39, 0.29) is 18.1 Å². The van der Waals surface area contributed by atoms with Gasteiger partial charge in [-0.3, -0.25) is 9.69 Å². The van der Waals surface area contributed by atoms with Gasteiger partial charge in [-0.15, -0.1) is 0 Å². The maximum atomic E-state index is 12.7. The van der Waals surface area contributed by atoms with E-state index < -0.39 is 10.0 Å². The third-order valence-corrected chi connectivity index (χ3v) is 6.76. The molecule has 7 nitrogen and oxygen atoms in total. The molecule has 2 fully saturated rings. The zero-order valence-electron chi connectivity index (χ0n) is 15.4. The summed E-state index contributed by atoms with van der Waals surface area (Å²) in [5, 5.41) is 0. The number of morpholine rings is 1. The van der Waals surface area contributed by atoms with E-state index >= 15 is 0 Å². The Bertz CT molecular complexity index is 707. The van der Waals surface area contributed by atoms with Crippen molar-refractivity contribution in [3.8, 4) is 0 Å². The molecule has 0 spiro atoms. The molecule has 2 aliphatic rings. The van der Waals surface area contributed by atoms with Crippen molar-refractivity contribution < 1.29 is 17.9 Å². The third kappa shape index (κ3) is 4.43. The number of benzene rings is 1. The Kier molecular flexibility index (Phi) is 5.96. The molecule has 2 aliphatic heterocycles. The molecule has 0 saturated carbocycles. The minimum Gasteiger partial charge on any atom is -0.372 e. The van der Waals surface area contributed by atoms with E-state index in [0.29, 0.717) is 50.7 Å². The Morgan fingerprint density at radius 1 is 1.04 bits per heavy atom. The minimum atomic E-state index is -3.45. The quantitative estimate of drug-likeness (QED) is 0.765. The standard InChI is InChI=1S/C18H27N3O4S/c1-15-12-20(13-16(2)25-15)18(22)14-19-8-10-21(11-9-19)26(23,24)17-6-4-3-5-7-17/h3-7,15-16H,8-14H2,1-2H3/t15-,16+. The number of carbonyl (C=O) groups excluding carboxylic acids is 1. The second kappa shape index (κ2) is 8.04. The maximum absolute atomic E-state index is 12.7. The summed E-state index contributed by atoms with van der Waals surface area (Å²) >= 11 is 0. The highest BCUT2D eigenvalue weighted by Crippen LogP contribution is 2.17. The van der Waals surface area contributed by atoms with Gasteiger partial charge in [0.15, 0.2) is 0 Å². The molecular weight excluding hydrogens is 354 g/mol. The number of ether oxygens (including phenoxy) is 1. The van der Waals surface area contributed by atoms with Gasteiger partial charge in [-0.2, -0.15) is 4.31 Å². The average Bonchev–Trinajstić information content (AvgIpc) is 2.62. The second-order valence-corrected chi connectivity index (χ2v) is 8.99. The van der Waals surface area contributed by atoms with E-state index in [9.17, 15) is 13.2 Å². The van der Waals surface area contributed by atoms with Crippen molar-refractivity contribution >= 4 is 15.9 Å². The number of rotatable bonds is 4. The molecular formula is C18H27N3O4S. The molecule has 0 aromatic heterocycles. The van der Waals surface area contributed by atoms with Crippen molar-refractivity contribution in [3.63, 3.8) is 0 Å². The number of carbonyl (C=O) groups is 1. The van der Waals surface area contributed by atoms with Crippen LogP contribution in [-0.4, -0.2) is 86.5 Å². The number of hydrogen-bond donors (Lipinski definition) is 0. The highest BCUT2D eigenvalue weighted by atomic mass is 32.2. The molecule has 0 aliphatic carbocycles. The van der Waals surface area contributed by atoms with Crippen molar-refractivity contribution in [1.29, 1.82) is 0 Å². The lowest BCUT2D eigenvalue weighted by Crippen LogP contribution is -2.54. The van der Waals surface area contributed by atoms with Crippen LogP contribution in [0.5, 0.6) is 0 Å². The number of nitrogens with zero attached hydrogens (tertiary/aromatic N) is 3. The molecule has 2 saturated heterocycles. The van der Waals surface area contributed by atoms with E-state index in [1.165, 1.54) is 4.31 Å². The first-order valence-electron chi connectivity index (χ1n) is 9.07. The van der Waals surface area contributed by atoms with Crippen LogP contribution in [0.1, 0.15) is 13.8 Å². The first kappa shape index (κ1) is 19.3. The molecule has 8 heteroatoms. The normalized spacial score (nSPS) is 26.0. The first-order valence-corrected chi connectivity index (χ1v) is 10.5. The lowest BCUT2D eigenvalue weighted by Gasteiger charge is -2.38. The fourth-order valence-corrected chi connectivity index (χ4v) is 4.99. The molecule has 0 unspecified atom stereocenters. The second-order valence-electron chi connectivity index (χ2n) is 7.05. The first-order chi connectivity index (χ1) is 12.4. The van der Waals surface area contributed by atoms with Gasteiger partial charge in [0.05, 0.1) is 23.6 Å². The lowest BCUT2D eigenvalue weighted by atomic mass is 10.2. The molecule has 2 heterocycles. The summed E-state index contributed by atoms with van der Waals surface area (Å²) in [5.41, 5.74) is 0. The molecule has 2 atom stereocenters. The Morgan fingerprint density at radius 3 is 2.19 bits per heavy atom. The average molecular weight is 381 g/mol. The SMILES string of the molecule is C[C@@H]1CN(C(=O)CN2CCN(S(=O)(=O)c3ccccc3)CC2)C[C@H](C)O1. The van der Waals surface area contributed by atoms with Crippen LogP contribution in [0.4, 0.5) is 0 Å². The summed E-state index contributed by atoms with van der Waals surface area (Å²) in [7, 11) is -3.45.